The number of fused-ring (bicyclic) bond motifs is 1. The lowest BCUT2D eigenvalue weighted by Crippen LogP contribution is -2.48. The Labute approximate surface area is 202 Å². The smallest absolute Gasteiger partial charge is 0.255 e. The van der Waals surface area contributed by atoms with Crippen molar-refractivity contribution < 1.29 is 28.7 Å². The molecule has 1 aliphatic rings. The molecule has 2 heterocycles. The molecular formula is C24H29N3O6S. The van der Waals surface area contributed by atoms with Gasteiger partial charge in [0, 0.05) is 12.6 Å². The van der Waals surface area contributed by atoms with Crippen LogP contribution in [-0.4, -0.2) is 56.4 Å². The Morgan fingerprint density at radius 1 is 1.18 bits per heavy atom. The van der Waals surface area contributed by atoms with Crippen molar-refractivity contribution in [3.05, 3.63) is 45.6 Å². The summed E-state index contributed by atoms with van der Waals surface area (Å²) in [6.45, 7) is 2.25. The summed E-state index contributed by atoms with van der Waals surface area (Å²) < 4.78 is 11.0. The molecule has 3 amide bonds. The zero-order chi connectivity index (χ0) is 24.5. The molecule has 0 saturated heterocycles. The highest BCUT2D eigenvalue weighted by atomic mass is 32.1. The first-order chi connectivity index (χ1) is 16.4. The number of ketones is 1. The van der Waals surface area contributed by atoms with Crippen LogP contribution in [0.25, 0.3) is 0 Å². The van der Waals surface area contributed by atoms with E-state index < -0.39 is 6.04 Å². The third kappa shape index (κ3) is 7.05. The average Bonchev–Trinajstić information content (AvgIpc) is 3.28. The molecule has 34 heavy (non-hydrogen) atoms. The van der Waals surface area contributed by atoms with Gasteiger partial charge in [-0.2, -0.15) is 0 Å². The maximum atomic E-state index is 12.7. The standard InChI is InChI=1S/C24H29N3O6S/c1-15(28)21-11-16(14-34-21)12-22(29)27-19-5-3-4-8-25-23(30)18-7-6-17(32-2)13-20(18)33-10-9-26-24(19)31/h6-7,11,13-14,19H,3-5,8-10,12H2,1-2H3,(H,25,30)(H,26,31)(H,27,29)/t19-/m0/s1. The van der Waals surface area contributed by atoms with Crippen LogP contribution in [0.1, 0.15) is 51.8 Å². The molecule has 0 aliphatic carbocycles. The molecule has 3 N–H and O–H groups in total. The number of amides is 3. The first kappa shape index (κ1) is 25.2. The van der Waals surface area contributed by atoms with Gasteiger partial charge in [-0.25, -0.2) is 0 Å². The molecule has 2 aromatic rings. The molecule has 1 aliphatic heterocycles. The molecule has 1 aromatic heterocycles. The maximum absolute atomic E-state index is 12.7. The second-order valence-electron chi connectivity index (χ2n) is 7.93. The molecule has 0 fully saturated rings. The van der Waals surface area contributed by atoms with E-state index in [0.717, 1.165) is 5.56 Å². The fraction of sp³-hybridized carbons (Fsp3) is 0.417. The van der Waals surface area contributed by atoms with Crippen LogP contribution in [0.15, 0.2) is 29.6 Å². The number of carbonyl (C=O) groups excluding carboxylic acids is 4. The molecular weight excluding hydrogens is 458 g/mol. The van der Waals surface area contributed by atoms with E-state index in [1.165, 1.54) is 25.4 Å². The van der Waals surface area contributed by atoms with Gasteiger partial charge in [0.05, 0.1) is 30.5 Å². The van der Waals surface area contributed by atoms with Gasteiger partial charge in [-0.15, -0.1) is 11.3 Å². The second-order valence-corrected chi connectivity index (χ2v) is 8.84. The number of carbonyl (C=O) groups is 4. The van der Waals surface area contributed by atoms with Gasteiger partial charge in [-0.1, -0.05) is 0 Å². The molecule has 1 aromatic carbocycles. The summed E-state index contributed by atoms with van der Waals surface area (Å²) in [6.07, 6.45) is 1.80. The predicted octanol–water partition coefficient (Wildman–Crippen LogP) is 2.10. The Balaban J connectivity index is 1.62. The summed E-state index contributed by atoms with van der Waals surface area (Å²) in [6, 6.07) is 5.97. The largest absolute Gasteiger partial charge is 0.497 e. The minimum absolute atomic E-state index is 0.0440. The number of hydrogen-bond acceptors (Lipinski definition) is 7. The monoisotopic (exact) mass is 487 g/mol. The number of hydrogen-bond donors (Lipinski definition) is 3. The van der Waals surface area contributed by atoms with E-state index in [1.54, 1.807) is 29.6 Å². The van der Waals surface area contributed by atoms with Crippen LogP contribution >= 0.6 is 11.3 Å². The zero-order valence-corrected chi connectivity index (χ0v) is 20.1. The summed E-state index contributed by atoms with van der Waals surface area (Å²) in [7, 11) is 1.53. The van der Waals surface area contributed by atoms with Gasteiger partial charge >= 0.3 is 0 Å². The first-order valence-electron chi connectivity index (χ1n) is 11.1. The van der Waals surface area contributed by atoms with Gasteiger partial charge in [0.25, 0.3) is 5.91 Å². The summed E-state index contributed by atoms with van der Waals surface area (Å²) in [5.41, 5.74) is 1.13. The van der Waals surface area contributed by atoms with Crippen molar-refractivity contribution in [1.29, 1.82) is 0 Å². The van der Waals surface area contributed by atoms with Crippen LogP contribution < -0.4 is 25.4 Å². The zero-order valence-electron chi connectivity index (χ0n) is 19.3. The lowest BCUT2D eigenvalue weighted by molar-refractivity contribution is -0.129. The van der Waals surface area contributed by atoms with E-state index in [4.69, 9.17) is 9.47 Å². The Morgan fingerprint density at radius 2 is 2.00 bits per heavy atom. The maximum Gasteiger partial charge on any atom is 0.255 e. The third-order valence-electron chi connectivity index (χ3n) is 5.31. The van der Waals surface area contributed by atoms with Crippen LogP contribution in [0.3, 0.4) is 0 Å². The van der Waals surface area contributed by atoms with Gasteiger partial charge in [0.15, 0.2) is 5.78 Å². The highest BCUT2D eigenvalue weighted by Gasteiger charge is 2.22. The SMILES string of the molecule is COc1ccc2c(c1)OCCNC(=O)[C@@H](NC(=O)Cc1csc(C(C)=O)c1)CCCCNC2=O. The van der Waals surface area contributed by atoms with Gasteiger partial charge < -0.3 is 25.4 Å². The molecule has 9 nitrogen and oxygen atoms in total. The van der Waals surface area contributed by atoms with Crippen LogP contribution in [0.5, 0.6) is 11.5 Å². The molecule has 0 bridgehead atoms. The second kappa shape index (κ2) is 12.2. The normalized spacial score (nSPS) is 17.3. The van der Waals surface area contributed by atoms with Crippen molar-refractivity contribution in [1.82, 2.24) is 16.0 Å². The van der Waals surface area contributed by atoms with Crippen LogP contribution in [-0.2, 0) is 16.0 Å². The van der Waals surface area contributed by atoms with Crippen molar-refractivity contribution in [2.45, 2.75) is 38.6 Å². The lowest BCUT2D eigenvalue weighted by Gasteiger charge is -2.20. The number of Topliss-reactive ketones (excluding diaryl/α,β-unsaturated/α-hetero) is 1. The molecule has 1 atom stereocenters. The summed E-state index contributed by atoms with van der Waals surface area (Å²) >= 11 is 1.30. The van der Waals surface area contributed by atoms with E-state index in [9.17, 15) is 19.2 Å². The molecule has 0 unspecified atom stereocenters. The summed E-state index contributed by atoms with van der Waals surface area (Å²) in [4.78, 5) is 49.9. The molecule has 0 spiro atoms. The van der Waals surface area contributed by atoms with E-state index >= 15 is 0 Å². The summed E-state index contributed by atoms with van der Waals surface area (Å²) in [5, 5.41) is 10.2. The molecule has 0 saturated carbocycles. The first-order valence-corrected chi connectivity index (χ1v) is 12.0. The van der Waals surface area contributed by atoms with Crippen LogP contribution in [0, 0.1) is 0 Å². The van der Waals surface area contributed by atoms with Crippen LogP contribution in [0.2, 0.25) is 0 Å². The minimum atomic E-state index is -0.704. The van der Waals surface area contributed by atoms with E-state index in [2.05, 4.69) is 16.0 Å². The fourth-order valence-corrected chi connectivity index (χ4v) is 4.33. The Kier molecular flexibility index (Phi) is 9.03. The molecule has 0 radical (unpaired) electrons. The van der Waals surface area contributed by atoms with Crippen molar-refractivity contribution in [2.75, 3.05) is 26.8 Å². The lowest BCUT2D eigenvalue weighted by atomic mass is 10.1. The van der Waals surface area contributed by atoms with Gasteiger partial charge in [0.2, 0.25) is 11.8 Å². The molecule has 182 valence electrons. The predicted molar refractivity (Wildman–Crippen MR) is 128 cm³/mol. The quantitative estimate of drug-likeness (QED) is 0.555. The molecule has 10 heteroatoms. The Morgan fingerprint density at radius 3 is 2.74 bits per heavy atom. The van der Waals surface area contributed by atoms with Crippen LogP contribution in [0.4, 0.5) is 0 Å². The minimum Gasteiger partial charge on any atom is -0.497 e. The van der Waals surface area contributed by atoms with E-state index in [-0.39, 0.29) is 43.1 Å². The number of nitrogens with one attached hydrogen (secondary N) is 3. The number of thiophene rings is 1. The topological polar surface area (TPSA) is 123 Å². The van der Waals surface area contributed by atoms with E-state index in [1.807, 2.05) is 0 Å². The van der Waals surface area contributed by atoms with Gasteiger partial charge in [0.1, 0.15) is 24.1 Å². The van der Waals surface area contributed by atoms with Crippen molar-refractivity contribution in [2.24, 2.45) is 0 Å². The Bertz CT molecular complexity index is 1050. The fourth-order valence-electron chi connectivity index (χ4n) is 3.52. The van der Waals surface area contributed by atoms with Gasteiger partial charge in [-0.05, 0) is 55.3 Å². The van der Waals surface area contributed by atoms with E-state index in [0.29, 0.717) is 47.7 Å². The number of ether oxygens (including phenoxy) is 2. The number of rotatable bonds is 5. The third-order valence-corrected chi connectivity index (χ3v) is 6.39. The number of methoxy groups -OCH3 is 1. The summed E-state index contributed by atoms with van der Waals surface area (Å²) in [5.74, 6) is 0.0503. The Hall–Kier alpha value is -3.40. The van der Waals surface area contributed by atoms with Crippen molar-refractivity contribution in [3.8, 4) is 11.5 Å². The highest BCUT2D eigenvalue weighted by molar-refractivity contribution is 7.12. The average molecular weight is 488 g/mol. The molecule has 3 rings (SSSR count). The van der Waals surface area contributed by atoms with Crippen molar-refractivity contribution >= 4 is 34.8 Å². The van der Waals surface area contributed by atoms with Crippen molar-refractivity contribution in [3.63, 3.8) is 0 Å². The highest BCUT2D eigenvalue weighted by Crippen LogP contribution is 2.25. The number of benzene rings is 1. The van der Waals surface area contributed by atoms with Gasteiger partial charge in [-0.3, -0.25) is 19.2 Å².